The van der Waals surface area contributed by atoms with E-state index in [2.05, 4.69) is 26.1 Å². The first-order valence-corrected chi connectivity index (χ1v) is 7.83. The molecular formula is C16H29N3O. The summed E-state index contributed by atoms with van der Waals surface area (Å²) in [7, 11) is 1.74. The summed E-state index contributed by atoms with van der Waals surface area (Å²) in [5.41, 5.74) is 3.80. The van der Waals surface area contributed by atoms with Crippen LogP contribution in [0.3, 0.4) is 0 Å². The molecule has 0 aliphatic carbocycles. The SMILES string of the molecule is CCNCCc1c(CC)nc(CCCOC)nc1CC. The van der Waals surface area contributed by atoms with Crippen LogP contribution in [0.1, 0.15) is 50.0 Å². The van der Waals surface area contributed by atoms with Crippen molar-refractivity contribution in [2.75, 3.05) is 26.8 Å². The van der Waals surface area contributed by atoms with Gasteiger partial charge in [0.15, 0.2) is 0 Å². The number of hydrogen-bond acceptors (Lipinski definition) is 4. The molecule has 1 rings (SSSR count). The van der Waals surface area contributed by atoms with Gasteiger partial charge in [0.25, 0.3) is 0 Å². The zero-order valence-electron chi connectivity index (χ0n) is 13.5. The quantitative estimate of drug-likeness (QED) is 0.668. The van der Waals surface area contributed by atoms with Crippen molar-refractivity contribution >= 4 is 0 Å². The number of nitrogens with zero attached hydrogens (tertiary/aromatic N) is 2. The van der Waals surface area contributed by atoms with Crippen LogP contribution in [0.15, 0.2) is 0 Å². The summed E-state index contributed by atoms with van der Waals surface area (Å²) in [5, 5.41) is 3.38. The fourth-order valence-electron chi connectivity index (χ4n) is 2.39. The fraction of sp³-hybridized carbons (Fsp3) is 0.750. The van der Waals surface area contributed by atoms with Gasteiger partial charge < -0.3 is 10.1 Å². The lowest BCUT2D eigenvalue weighted by atomic mass is 10.0. The standard InChI is InChI=1S/C16H29N3O/c1-5-14-13(10-11-17-7-3)15(6-2)19-16(18-14)9-8-12-20-4/h17H,5-12H2,1-4H3. The Kier molecular flexibility index (Phi) is 8.38. The maximum atomic E-state index is 5.10. The van der Waals surface area contributed by atoms with Crippen LogP contribution >= 0.6 is 0 Å². The number of rotatable bonds is 10. The molecule has 0 amide bonds. The molecule has 0 atom stereocenters. The van der Waals surface area contributed by atoms with Crippen molar-refractivity contribution in [1.82, 2.24) is 15.3 Å². The Labute approximate surface area is 123 Å². The van der Waals surface area contributed by atoms with Crippen LogP contribution in [-0.4, -0.2) is 36.8 Å². The van der Waals surface area contributed by atoms with Crippen molar-refractivity contribution < 1.29 is 4.74 Å². The second-order valence-electron chi connectivity index (χ2n) is 4.92. The monoisotopic (exact) mass is 279 g/mol. The highest BCUT2D eigenvalue weighted by Gasteiger charge is 2.11. The number of hydrogen-bond donors (Lipinski definition) is 1. The van der Waals surface area contributed by atoms with Crippen molar-refractivity contribution in [3.05, 3.63) is 22.8 Å². The lowest BCUT2D eigenvalue weighted by Gasteiger charge is -2.14. The summed E-state index contributed by atoms with van der Waals surface area (Å²) in [4.78, 5) is 9.51. The first-order chi connectivity index (χ1) is 9.76. The molecule has 1 aromatic heterocycles. The molecule has 1 heterocycles. The first kappa shape index (κ1) is 17.1. The molecule has 1 N–H and O–H groups in total. The molecule has 0 aliphatic heterocycles. The Morgan fingerprint density at radius 2 is 1.65 bits per heavy atom. The minimum Gasteiger partial charge on any atom is -0.385 e. The van der Waals surface area contributed by atoms with Crippen LogP contribution < -0.4 is 5.32 Å². The highest BCUT2D eigenvalue weighted by Crippen LogP contribution is 2.15. The third-order valence-electron chi connectivity index (χ3n) is 3.45. The molecule has 0 bridgehead atoms. The molecule has 0 aliphatic rings. The summed E-state index contributed by atoms with van der Waals surface area (Å²) in [5.74, 6) is 0.975. The van der Waals surface area contributed by atoms with Gasteiger partial charge in [-0.2, -0.15) is 0 Å². The van der Waals surface area contributed by atoms with Gasteiger partial charge in [0.05, 0.1) is 0 Å². The van der Waals surface area contributed by atoms with Crippen LogP contribution in [-0.2, 0) is 30.4 Å². The fourth-order valence-corrected chi connectivity index (χ4v) is 2.39. The molecule has 0 spiro atoms. The van der Waals surface area contributed by atoms with Gasteiger partial charge in [-0.15, -0.1) is 0 Å². The Morgan fingerprint density at radius 1 is 1.00 bits per heavy atom. The van der Waals surface area contributed by atoms with Gasteiger partial charge in [0.1, 0.15) is 5.82 Å². The predicted molar refractivity (Wildman–Crippen MR) is 83.2 cm³/mol. The van der Waals surface area contributed by atoms with E-state index >= 15 is 0 Å². The molecule has 4 nitrogen and oxygen atoms in total. The van der Waals surface area contributed by atoms with E-state index in [1.807, 2.05) is 0 Å². The maximum Gasteiger partial charge on any atom is 0.128 e. The summed E-state index contributed by atoms with van der Waals surface area (Å²) < 4.78 is 5.10. The van der Waals surface area contributed by atoms with E-state index < -0.39 is 0 Å². The number of nitrogens with one attached hydrogen (secondary N) is 1. The summed E-state index contributed by atoms with van der Waals surface area (Å²) in [6.45, 7) is 9.28. The van der Waals surface area contributed by atoms with E-state index in [0.29, 0.717) is 0 Å². The predicted octanol–water partition coefficient (Wildman–Crippen LogP) is 2.33. The highest BCUT2D eigenvalue weighted by atomic mass is 16.5. The largest absolute Gasteiger partial charge is 0.385 e. The van der Waals surface area contributed by atoms with E-state index in [1.165, 1.54) is 17.0 Å². The zero-order chi connectivity index (χ0) is 14.8. The Balaban J connectivity index is 2.86. The van der Waals surface area contributed by atoms with Crippen LogP contribution in [0.25, 0.3) is 0 Å². The molecule has 0 saturated heterocycles. The third-order valence-corrected chi connectivity index (χ3v) is 3.45. The first-order valence-electron chi connectivity index (χ1n) is 7.83. The average Bonchev–Trinajstić information content (AvgIpc) is 2.48. The smallest absolute Gasteiger partial charge is 0.128 e. The Bertz CT molecular complexity index is 368. The minimum absolute atomic E-state index is 0.772. The van der Waals surface area contributed by atoms with Gasteiger partial charge in [0.2, 0.25) is 0 Å². The molecular weight excluding hydrogens is 250 g/mol. The lowest BCUT2D eigenvalue weighted by Crippen LogP contribution is -2.19. The van der Waals surface area contributed by atoms with E-state index in [9.17, 15) is 0 Å². The van der Waals surface area contributed by atoms with Gasteiger partial charge in [-0.3, -0.25) is 0 Å². The van der Waals surface area contributed by atoms with Crippen molar-refractivity contribution in [3.63, 3.8) is 0 Å². The normalized spacial score (nSPS) is 11.0. The van der Waals surface area contributed by atoms with Crippen molar-refractivity contribution in [1.29, 1.82) is 0 Å². The number of ether oxygens (including phenoxy) is 1. The summed E-state index contributed by atoms with van der Waals surface area (Å²) in [6, 6.07) is 0. The molecule has 0 fully saturated rings. The minimum atomic E-state index is 0.772. The second kappa shape index (κ2) is 9.83. The molecule has 1 aromatic rings. The topological polar surface area (TPSA) is 47.0 Å². The van der Waals surface area contributed by atoms with Gasteiger partial charge in [0, 0.05) is 31.5 Å². The third kappa shape index (κ3) is 5.17. The molecule has 0 unspecified atom stereocenters. The molecule has 4 heteroatoms. The number of methoxy groups -OCH3 is 1. The van der Waals surface area contributed by atoms with Crippen molar-refractivity contribution in [2.45, 2.75) is 52.9 Å². The van der Waals surface area contributed by atoms with Gasteiger partial charge in [-0.25, -0.2) is 9.97 Å². The Hall–Kier alpha value is -1.00. The second-order valence-corrected chi connectivity index (χ2v) is 4.92. The lowest BCUT2D eigenvalue weighted by molar-refractivity contribution is 0.194. The van der Waals surface area contributed by atoms with Crippen LogP contribution in [0.5, 0.6) is 0 Å². The maximum absolute atomic E-state index is 5.10. The molecule has 0 saturated carbocycles. The number of likely N-dealkylation sites (N-methyl/N-ethyl adjacent to an activating group) is 1. The van der Waals surface area contributed by atoms with Gasteiger partial charge >= 0.3 is 0 Å². The number of aryl methyl sites for hydroxylation is 3. The highest BCUT2D eigenvalue weighted by molar-refractivity contribution is 5.27. The van der Waals surface area contributed by atoms with E-state index in [-0.39, 0.29) is 0 Å². The average molecular weight is 279 g/mol. The number of aromatic nitrogens is 2. The Morgan fingerprint density at radius 3 is 2.15 bits per heavy atom. The molecule has 20 heavy (non-hydrogen) atoms. The van der Waals surface area contributed by atoms with E-state index in [0.717, 1.165) is 57.6 Å². The van der Waals surface area contributed by atoms with E-state index in [4.69, 9.17) is 14.7 Å². The van der Waals surface area contributed by atoms with Crippen LogP contribution in [0.4, 0.5) is 0 Å². The summed E-state index contributed by atoms with van der Waals surface area (Å²) >= 11 is 0. The van der Waals surface area contributed by atoms with Crippen LogP contribution in [0.2, 0.25) is 0 Å². The molecule has 114 valence electrons. The van der Waals surface area contributed by atoms with Gasteiger partial charge in [-0.1, -0.05) is 20.8 Å². The molecule has 0 aromatic carbocycles. The van der Waals surface area contributed by atoms with Crippen LogP contribution in [0, 0.1) is 0 Å². The van der Waals surface area contributed by atoms with Crippen molar-refractivity contribution in [3.8, 4) is 0 Å². The van der Waals surface area contributed by atoms with Gasteiger partial charge in [-0.05, 0) is 44.3 Å². The van der Waals surface area contributed by atoms with E-state index in [1.54, 1.807) is 7.11 Å². The molecule has 0 radical (unpaired) electrons. The van der Waals surface area contributed by atoms with Crippen molar-refractivity contribution in [2.24, 2.45) is 0 Å². The summed E-state index contributed by atoms with van der Waals surface area (Å²) in [6.07, 6.45) is 4.88. The zero-order valence-corrected chi connectivity index (χ0v) is 13.5.